The predicted octanol–water partition coefficient (Wildman–Crippen LogP) is 0.153. The topological polar surface area (TPSA) is 95.9 Å². The molecule has 0 fully saturated rings. The van der Waals surface area contributed by atoms with Gasteiger partial charge in [-0.3, -0.25) is 4.79 Å². The Hall–Kier alpha value is -1.92. The van der Waals surface area contributed by atoms with Gasteiger partial charge >= 0.3 is 5.97 Å². The van der Waals surface area contributed by atoms with Crippen molar-refractivity contribution in [1.29, 1.82) is 0 Å². The molecule has 3 N–H and O–H groups in total. The third kappa shape index (κ3) is 5.07. The molecular weight excluding hydrogens is 250 g/mol. The molecule has 0 aliphatic rings. The molecule has 1 unspecified atom stereocenters. The molecule has 0 aliphatic carbocycles. The van der Waals surface area contributed by atoms with Gasteiger partial charge in [0.05, 0.1) is 13.2 Å². The van der Waals surface area contributed by atoms with Crippen molar-refractivity contribution in [2.45, 2.75) is 25.7 Å². The van der Waals surface area contributed by atoms with E-state index in [1.54, 1.807) is 0 Å². The summed E-state index contributed by atoms with van der Waals surface area (Å²) in [7, 11) is 0. The minimum Gasteiger partial charge on any atom is -0.480 e. The molecule has 0 heterocycles. The van der Waals surface area contributed by atoms with E-state index in [1.165, 1.54) is 6.92 Å². The SMILES string of the molecule is CC(OCc1ccccc1)C(=O)N[C@H](CO)C(=O)O. The quantitative estimate of drug-likeness (QED) is 0.653. The number of carboxylic acids is 1. The number of nitrogens with one attached hydrogen (secondary N) is 1. The normalized spacial score (nSPS) is 13.6. The van der Waals surface area contributed by atoms with Crippen LogP contribution in [0.25, 0.3) is 0 Å². The molecule has 0 saturated heterocycles. The number of rotatable bonds is 7. The first kappa shape index (κ1) is 15.1. The summed E-state index contributed by atoms with van der Waals surface area (Å²) in [6, 6.07) is 8.00. The van der Waals surface area contributed by atoms with Crippen molar-refractivity contribution in [3.8, 4) is 0 Å². The molecular formula is C13H17NO5. The van der Waals surface area contributed by atoms with Crippen molar-refractivity contribution >= 4 is 11.9 Å². The Morgan fingerprint density at radius 3 is 2.47 bits per heavy atom. The highest BCUT2D eigenvalue weighted by Crippen LogP contribution is 2.03. The average molecular weight is 267 g/mol. The van der Waals surface area contributed by atoms with E-state index in [0.29, 0.717) is 0 Å². The van der Waals surface area contributed by atoms with E-state index in [0.717, 1.165) is 5.56 Å². The van der Waals surface area contributed by atoms with Crippen LogP contribution in [0.1, 0.15) is 12.5 Å². The lowest BCUT2D eigenvalue weighted by molar-refractivity contribution is -0.145. The van der Waals surface area contributed by atoms with Crippen molar-refractivity contribution in [2.75, 3.05) is 6.61 Å². The van der Waals surface area contributed by atoms with Crippen LogP contribution in [0.4, 0.5) is 0 Å². The summed E-state index contributed by atoms with van der Waals surface area (Å²) in [5.74, 6) is -1.86. The van der Waals surface area contributed by atoms with Crippen LogP contribution >= 0.6 is 0 Å². The van der Waals surface area contributed by atoms with Gasteiger partial charge < -0.3 is 20.3 Å². The zero-order valence-corrected chi connectivity index (χ0v) is 10.6. The minimum absolute atomic E-state index is 0.256. The second-order valence-electron chi connectivity index (χ2n) is 4.02. The minimum atomic E-state index is -1.31. The van der Waals surface area contributed by atoms with E-state index < -0.39 is 30.6 Å². The summed E-state index contributed by atoms with van der Waals surface area (Å²) >= 11 is 0. The van der Waals surface area contributed by atoms with Crippen molar-refractivity contribution in [1.82, 2.24) is 5.32 Å². The van der Waals surface area contributed by atoms with E-state index in [9.17, 15) is 9.59 Å². The van der Waals surface area contributed by atoms with Gasteiger partial charge in [-0.25, -0.2) is 4.79 Å². The van der Waals surface area contributed by atoms with Crippen LogP contribution in [-0.2, 0) is 20.9 Å². The van der Waals surface area contributed by atoms with Crippen molar-refractivity contribution in [2.24, 2.45) is 0 Å². The summed E-state index contributed by atoms with van der Waals surface area (Å²) in [5, 5.41) is 19.7. The van der Waals surface area contributed by atoms with Gasteiger partial charge in [-0.15, -0.1) is 0 Å². The number of carbonyl (C=O) groups is 2. The summed E-state index contributed by atoms with van der Waals surface area (Å²) < 4.78 is 5.33. The number of carbonyl (C=O) groups excluding carboxylic acids is 1. The molecule has 19 heavy (non-hydrogen) atoms. The number of aliphatic hydroxyl groups excluding tert-OH is 1. The van der Waals surface area contributed by atoms with Crippen LogP contribution in [0.2, 0.25) is 0 Å². The highest BCUT2D eigenvalue weighted by Gasteiger charge is 2.22. The lowest BCUT2D eigenvalue weighted by atomic mass is 10.2. The molecule has 0 radical (unpaired) electrons. The Morgan fingerprint density at radius 2 is 1.95 bits per heavy atom. The van der Waals surface area contributed by atoms with E-state index in [2.05, 4.69) is 5.32 Å². The molecule has 0 aromatic heterocycles. The maximum absolute atomic E-state index is 11.6. The second kappa shape index (κ2) is 7.50. The van der Waals surface area contributed by atoms with Crippen molar-refractivity contribution in [3.63, 3.8) is 0 Å². The van der Waals surface area contributed by atoms with Crippen LogP contribution in [-0.4, -0.2) is 40.8 Å². The van der Waals surface area contributed by atoms with Crippen LogP contribution in [0.3, 0.4) is 0 Å². The molecule has 2 atom stereocenters. The highest BCUT2D eigenvalue weighted by atomic mass is 16.5. The summed E-state index contributed by atoms with van der Waals surface area (Å²) in [6.45, 7) is 1.12. The molecule has 0 aliphatic heterocycles. The first-order chi connectivity index (χ1) is 9.04. The molecule has 104 valence electrons. The molecule has 6 nitrogen and oxygen atoms in total. The first-order valence-electron chi connectivity index (χ1n) is 5.84. The Labute approximate surface area is 111 Å². The molecule has 6 heteroatoms. The number of ether oxygens (including phenoxy) is 1. The monoisotopic (exact) mass is 267 g/mol. The zero-order chi connectivity index (χ0) is 14.3. The zero-order valence-electron chi connectivity index (χ0n) is 10.6. The van der Waals surface area contributed by atoms with Crippen molar-refractivity contribution in [3.05, 3.63) is 35.9 Å². The average Bonchev–Trinajstić information content (AvgIpc) is 2.42. The van der Waals surface area contributed by atoms with Crippen LogP contribution in [0.15, 0.2) is 30.3 Å². The maximum Gasteiger partial charge on any atom is 0.328 e. The number of hydrogen-bond donors (Lipinski definition) is 3. The predicted molar refractivity (Wildman–Crippen MR) is 67.3 cm³/mol. The lowest BCUT2D eigenvalue weighted by Crippen LogP contribution is -2.47. The number of hydrogen-bond acceptors (Lipinski definition) is 4. The molecule has 0 saturated carbocycles. The highest BCUT2D eigenvalue weighted by molar-refractivity contribution is 5.86. The van der Waals surface area contributed by atoms with Crippen molar-refractivity contribution < 1.29 is 24.5 Å². The lowest BCUT2D eigenvalue weighted by Gasteiger charge is -2.16. The molecule has 0 bridgehead atoms. The number of carboxylic acid groups (broad SMARTS) is 1. The molecule has 0 spiro atoms. The van der Waals surface area contributed by atoms with Gasteiger partial charge in [-0.1, -0.05) is 30.3 Å². The number of aliphatic hydroxyl groups is 1. The van der Waals surface area contributed by atoms with Gasteiger partial charge in [0.1, 0.15) is 12.1 Å². The van der Waals surface area contributed by atoms with E-state index in [1.807, 2.05) is 30.3 Å². The first-order valence-corrected chi connectivity index (χ1v) is 5.84. The fourth-order valence-electron chi connectivity index (χ4n) is 1.35. The Morgan fingerprint density at radius 1 is 1.32 bits per heavy atom. The fourth-order valence-corrected chi connectivity index (χ4v) is 1.35. The van der Waals surface area contributed by atoms with E-state index in [-0.39, 0.29) is 6.61 Å². The standard InChI is InChI=1S/C13H17NO5/c1-9(12(16)14-11(7-15)13(17)18)19-8-10-5-3-2-4-6-10/h2-6,9,11,15H,7-8H2,1H3,(H,14,16)(H,17,18)/t9?,11-/m1/s1. The summed E-state index contributed by atoms with van der Waals surface area (Å²) in [5.41, 5.74) is 0.916. The van der Waals surface area contributed by atoms with Gasteiger partial charge in [0.15, 0.2) is 0 Å². The Bertz CT molecular complexity index is 420. The van der Waals surface area contributed by atoms with Gasteiger partial charge in [0, 0.05) is 0 Å². The smallest absolute Gasteiger partial charge is 0.328 e. The van der Waals surface area contributed by atoms with Gasteiger partial charge in [0.2, 0.25) is 5.91 Å². The van der Waals surface area contributed by atoms with Gasteiger partial charge in [-0.05, 0) is 12.5 Å². The fraction of sp³-hybridized carbons (Fsp3) is 0.385. The largest absolute Gasteiger partial charge is 0.480 e. The van der Waals surface area contributed by atoms with E-state index >= 15 is 0 Å². The van der Waals surface area contributed by atoms with Crippen LogP contribution in [0, 0.1) is 0 Å². The molecule has 1 aromatic carbocycles. The van der Waals surface area contributed by atoms with Crippen LogP contribution in [0.5, 0.6) is 0 Å². The number of amides is 1. The third-order valence-electron chi connectivity index (χ3n) is 2.51. The van der Waals surface area contributed by atoms with Crippen LogP contribution < -0.4 is 5.32 Å². The van der Waals surface area contributed by atoms with Gasteiger partial charge in [-0.2, -0.15) is 0 Å². The number of aliphatic carboxylic acids is 1. The van der Waals surface area contributed by atoms with Gasteiger partial charge in [0.25, 0.3) is 0 Å². The second-order valence-corrected chi connectivity index (χ2v) is 4.02. The molecule has 1 amide bonds. The molecule has 1 aromatic rings. The Balaban J connectivity index is 2.42. The third-order valence-corrected chi connectivity index (χ3v) is 2.51. The summed E-state index contributed by atoms with van der Waals surface area (Å²) in [6.07, 6.45) is -0.798. The van der Waals surface area contributed by atoms with E-state index in [4.69, 9.17) is 14.9 Å². The molecule has 1 rings (SSSR count). The maximum atomic E-state index is 11.6. The number of benzene rings is 1. The summed E-state index contributed by atoms with van der Waals surface area (Å²) in [4.78, 5) is 22.3. The Kier molecular flexibility index (Phi) is 5.98.